The van der Waals surface area contributed by atoms with Gasteiger partial charge in [0.05, 0.1) is 29.9 Å². The summed E-state index contributed by atoms with van der Waals surface area (Å²) in [5.41, 5.74) is 1.41. The van der Waals surface area contributed by atoms with Crippen LogP contribution in [0.15, 0.2) is 42.5 Å². The van der Waals surface area contributed by atoms with E-state index < -0.39 is 5.97 Å². The molecule has 7 heteroatoms. The zero-order chi connectivity index (χ0) is 19.2. The predicted octanol–water partition coefficient (Wildman–Crippen LogP) is 3.93. The van der Waals surface area contributed by atoms with Gasteiger partial charge in [-0.2, -0.15) is 0 Å². The summed E-state index contributed by atoms with van der Waals surface area (Å²) < 4.78 is 16.8. The Morgan fingerprint density at radius 3 is 2.81 bits per heavy atom. The number of rotatable bonds is 5. The number of methoxy groups -OCH3 is 1. The van der Waals surface area contributed by atoms with Gasteiger partial charge in [-0.1, -0.05) is 41.4 Å². The van der Waals surface area contributed by atoms with Gasteiger partial charge in [-0.05, 0) is 29.8 Å². The Hall–Kier alpha value is -1.79. The van der Waals surface area contributed by atoms with Gasteiger partial charge in [0, 0.05) is 19.0 Å². The molecule has 5 nitrogen and oxygen atoms in total. The summed E-state index contributed by atoms with van der Waals surface area (Å²) in [6, 6.07) is 12.6. The van der Waals surface area contributed by atoms with Gasteiger partial charge in [0.1, 0.15) is 17.9 Å². The Balaban J connectivity index is 1.79. The van der Waals surface area contributed by atoms with Gasteiger partial charge in [0.25, 0.3) is 0 Å². The maximum Gasteiger partial charge on any atom is 0.341 e. The fourth-order valence-corrected chi connectivity index (χ4v) is 3.38. The number of nitrogens with one attached hydrogen (secondary N) is 1. The summed E-state index contributed by atoms with van der Waals surface area (Å²) in [5.74, 6) is 0.0701. The minimum atomic E-state index is -0.435. The van der Waals surface area contributed by atoms with Crippen molar-refractivity contribution in [3.8, 4) is 5.75 Å². The minimum Gasteiger partial charge on any atom is -0.490 e. The molecule has 0 bridgehead atoms. The molecule has 1 aliphatic rings. The lowest BCUT2D eigenvalue weighted by Gasteiger charge is -2.26. The fourth-order valence-electron chi connectivity index (χ4n) is 3.07. The predicted molar refractivity (Wildman–Crippen MR) is 105 cm³/mol. The molecule has 144 valence electrons. The molecule has 0 aliphatic carbocycles. The number of esters is 1. The number of benzene rings is 2. The molecule has 1 saturated heterocycles. The summed E-state index contributed by atoms with van der Waals surface area (Å²) in [5, 5.41) is 4.39. The zero-order valence-electron chi connectivity index (χ0n) is 14.9. The standard InChI is InChI=1S/C20H21Cl2NO4/c1-25-20(24)14-4-2-3-5-18(14)27-12-19-15(11-23-8-9-26-19)13-6-7-16(21)17(22)10-13/h2-7,10,15,19,23H,8-9,11-12H2,1H3/t15-,19-/m0/s1. The number of carbonyl (C=O) groups is 1. The molecule has 2 atom stereocenters. The molecule has 0 spiro atoms. The minimum absolute atomic E-state index is 0.0348. The maximum absolute atomic E-state index is 11.9. The Morgan fingerprint density at radius 2 is 2.04 bits per heavy atom. The molecule has 2 aromatic carbocycles. The van der Waals surface area contributed by atoms with Crippen molar-refractivity contribution >= 4 is 29.2 Å². The van der Waals surface area contributed by atoms with E-state index in [0.29, 0.717) is 34.6 Å². The van der Waals surface area contributed by atoms with Crippen molar-refractivity contribution in [2.24, 2.45) is 0 Å². The van der Waals surface area contributed by atoms with Crippen molar-refractivity contribution in [1.82, 2.24) is 5.32 Å². The van der Waals surface area contributed by atoms with Crippen LogP contribution in [0.4, 0.5) is 0 Å². The lowest BCUT2D eigenvalue weighted by atomic mass is 9.93. The van der Waals surface area contributed by atoms with Crippen LogP contribution in [0.3, 0.4) is 0 Å². The van der Waals surface area contributed by atoms with Crippen LogP contribution in [0.25, 0.3) is 0 Å². The highest BCUT2D eigenvalue weighted by Gasteiger charge is 2.28. The molecular formula is C20H21Cl2NO4. The van der Waals surface area contributed by atoms with Crippen LogP contribution >= 0.6 is 23.2 Å². The van der Waals surface area contributed by atoms with Crippen molar-refractivity contribution in [1.29, 1.82) is 0 Å². The summed E-state index contributed by atoms with van der Waals surface area (Å²) >= 11 is 12.2. The Morgan fingerprint density at radius 1 is 1.22 bits per heavy atom. The number of halogens is 2. The first kappa shape index (κ1) is 20.0. The molecule has 0 saturated carbocycles. The van der Waals surface area contributed by atoms with Crippen LogP contribution in [0.2, 0.25) is 10.0 Å². The maximum atomic E-state index is 11.9. The second kappa shape index (κ2) is 9.42. The third-order valence-electron chi connectivity index (χ3n) is 4.49. The second-order valence-electron chi connectivity index (χ2n) is 6.19. The zero-order valence-corrected chi connectivity index (χ0v) is 16.4. The summed E-state index contributed by atoms with van der Waals surface area (Å²) in [7, 11) is 1.35. The Labute approximate surface area is 168 Å². The van der Waals surface area contributed by atoms with E-state index in [2.05, 4.69) is 5.32 Å². The first-order valence-electron chi connectivity index (χ1n) is 8.67. The van der Waals surface area contributed by atoms with Gasteiger partial charge in [-0.15, -0.1) is 0 Å². The van der Waals surface area contributed by atoms with Crippen LogP contribution in [-0.2, 0) is 9.47 Å². The third kappa shape index (κ3) is 4.93. The summed E-state index contributed by atoms with van der Waals surface area (Å²) in [6.45, 7) is 2.35. The van der Waals surface area contributed by atoms with Crippen LogP contribution < -0.4 is 10.1 Å². The number of para-hydroxylation sites is 1. The SMILES string of the molecule is COC(=O)c1ccccc1OC[C@@H]1OCCNC[C@H]1c1ccc(Cl)c(Cl)c1. The van der Waals surface area contributed by atoms with Gasteiger partial charge in [0.15, 0.2) is 0 Å². The molecule has 1 heterocycles. The lowest BCUT2D eigenvalue weighted by Crippen LogP contribution is -2.32. The van der Waals surface area contributed by atoms with Crippen molar-refractivity contribution in [2.75, 3.05) is 33.4 Å². The highest BCUT2D eigenvalue weighted by molar-refractivity contribution is 6.42. The fraction of sp³-hybridized carbons (Fsp3) is 0.350. The van der Waals surface area contributed by atoms with Gasteiger partial charge < -0.3 is 19.5 Å². The molecule has 1 fully saturated rings. The average Bonchev–Trinajstić information content (AvgIpc) is 2.93. The van der Waals surface area contributed by atoms with Crippen LogP contribution in [0, 0.1) is 0 Å². The lowest BCUT2D eigenvalue weighted by molar-refractivity contribution is 0.0175. The molecule has 0 unspecified atom stereocenters. The van der Waals surface area contributed by atoms with Crippen molar-refractivity contribution in [2.45, 2.75) is 12.0 Å². The van der Waals surface area contributed by atoms with E-state index in [1.807, 2.05) is 18.2 Å². The molecule has 2 aromatic rings. The van der Waals surface area contributed by atoms with Crippen molar-refractivity contribution in [3.63, 3.8) is 0 Å². The first-order valence-corrected chi connectivity index (χ1v) is 9.43. The molecule has 0 aromatic heterocycles. The highest BCUT2D eigenvalue weighted by Crippen LogP contribution is 2.30. The van der Waals surface area contributed by atoms with Crippen LogP contribution in [0.1, 0.15) is 21.8 Å². The van der Waals surface area contributed by atoms with Crippen LogP contribution in [0.5, 0.6) is 5.75 Å². The Bertz CT molecular complexity index is 799. The van der Waals surface area contributed by atoms with E-state index in [9.17, 15) is 4.79 Å². The van der Waals surface area contributed by atoms with E-state index in [-0.39, 0.29) is 12.0 Å². The smallest absolute Gasteiger partial charge is 0.341 e. The summed E-state index contributed by atoms with van der Waals surface area (Å²) in [4.78, 5) is 11.9. The summed E-state index contributed by atoms with van der Waals surface area (Å²) in [6.07, 6.45) is -0.206. The van der Waals surface area contributed by atoms with E-state index in [0.717, 1.165) is 18.7 Å². The largest absolute Gasteiger partial charge is 0.490 e. The first-order chi connectivity index (χ1) is 13.1. The molecule has 27 heavy (non-hydrogen) atoms. The molecule has 3 rings (SSSR count). The van der Waals surface area contributed by atoms with E-state index in [1.165, 1.54) is 7.11 Å². The number of ether oxygens (including phenoxy) is 3. The average molecular weight is 410 g/mol. The quantitative estimate of drug-likeness (QED) is 0.758. The monoisotopic (exact) mass is 409 g/mol. The molecule has 1 aliphatic heterocycles. The van der Waals surface area contributed by atoms with Gasteiger partial charge in [-0.3, -0.25) is 0 Å². The molecule has 0 amide bonds. The molecular weight excluding hydrogens is 389 g/mol. The molecule has 0 radical (unpaired) electrons. The van der Waals surface area contributed by atoms with E-state index >= 15 is 0 Å². The van der Waals surface area contributed by atoms with Gasteiger partial charge in [-0.25, -0.2) is 4.79 Å². The second-order valence-corrected chi connectivity index (χ2v) is 7.01. The normalized spacial score (nSPS) is 20.0. The number of carbonyl (C=O) groups excluding carboxylic acids is 1. The number of hydrogen-bond acceptors (Lipinski definition) is 5. The Kier molecular flexibility index (Phi) is 6.96. The van der Waals surface area contributed by atoms with Gasteiger partial charge in [0.2, 0.25) is 0 Å². The van der Waals surface area contributed by atoms with Crippen molar-refractivity contribution in [3.05, 3.63) is 63.6 Å². The topological polar surface area (TPSA) is 56.8 Å². The third-order valence-corrected chi connectivity index (χ3v) is 5.23. The van der Waals surface area contributed by atoms with E-state index in [4.69, 9.17) is 37.4 Å². The van der Waals surface area contributed by atoms with Crippen molar-refractivity contribution < 1.29 is 19.0 Å². The van der Waals surface area contributed by atoms with Gasteiger partial charge >= 0.3 is 5.97 Å². The highest BCUT2D eigenvalue weighted by atomic mass is 35.5. The number of hydrogen-bond donors (Lipinski definition) is 1. The molecule has 1 N–H and O–H groups in total. The van der Waals surface area contributed by atoms with Crippen LogP contribution in [-0.4, -0.2) is 45.5 Å². The van der Waals surface area contributed by atoms with E-state index in [1.54, 1.807) is 24.3 Å².